The standard InChI is InChI=1S/C52H59N7O2/c1-7-9-11-12-18-32-59-50-33-36(3)49(34-44(50)37(4)35-52(59,5)6)56-55-47-29-28-45(40-20-14-15-21-41(40)47)53-54-46-30-31-48(43-23-17-16-22-42(43)46)57-58-61-51(60)39-26-24-38(25-27-39)19-13-10-8-2/h14-17,20-31,33-34,37H,7-13,18-19,32,35H2,1-6H3. The summed E-state index contributed by atoms with van der Waals surface area (Å²) in [7, 11) is 0. The molecule has 9 heteroatoms. The fraction of sp³-hybridized carbons (Fsp3) is 0.365. The van der Waals surface area contributed by atoms with E-state index < -0.39 is 5.97 Å². The van der Waals surface area contributed by atoms with Gasteiger partial charge in [-0.15, -0.1) is 20.5 Å². The van der Waals surface area contributed by atoms with Crippen molar-refractivity contribution in [2.24, 2.45) is 30.8 Å². The van der Waals surface area contributed by atoms with E-state index in [1.807, 2.05) is 72.8 Å². The third-order valence-corrected chi connectivity index (χ3v) is 12.0. The van der Waals surface area contributed by atoms with Gasteiger partial charge in [0.1, 0.15) is 0 Å². The van der Waals surface area contributed by atoms with Gasteiger partial charge in [0.15, 0.2) is 0 Å². The van der Waals surface area contributed by atoms with E-state index in [4.69, 9.17) is 25.3 Å². The zero-order chi connectivity index (χ0) is 42.8. The predicted octanol–water partition coefficient (Wildman–Crippen LogP) is 16.8. The first-order valence-corrected chi connectivity index (χ1v) is 22.2. The summed E-state index contributed by atoms with van der Waals surface area (Å²) in [6, 6.07) is 35.5. The summed E-state index contributed by atoms with van der Waals surface area (Å²) in [5, 5.41) is 30.7. The Kier molecular flexibility index (Phi) is 14.1. The average molecular weight is 814 g/mol. The summed E-state index contributed by atoms with van der Waals surface area (Å²) in [4.78, 5) is 20.5. The molecular weight excluding hydrogens is 755 g/mol. The Bertz CT molecular complexity index is 2560. The molecule has 1 unspecified atom stereocenters. The van der Waals surface area contributed by atoms with Crippen molar-refractivity contribution < 1.29 is 9.63 Å². The van der Waals surface area contributed by atoms with Gasteiger partial charge in [0.25, 0.3) is 0 Å². The highest BCUT2D eigenvalue weighted by atomic mass is 16.7. The Morgan fingerprint density at radius 1 is 0.639 bits per heavy atom. The Labute approximate surface area is 361 Å². The topological polar surface area (TPSA) is 104 Å². The lowest BCUT2D eigenvalue weighted by atomic mass is 9.79. The molecular formula is C52H59N7O2. The highest BCUT2D eigenvalue weighted by Gasteiger charge is 2.36. The fourth-order valence-corrected chi connectivity index (χ4v) is 8.67. The van der Waals surface area contributed by atoms with Crippen LogP contribution < -0.4 is 4.90 Å². The number of benzene rings is 6. The van der Waals surface area contributed by atoms with Crippen molar-refractivity contribution in [1.82, 2.24) is 0 Å². The van der Waals surface area contributed by atoms with Crippen molar-refractivity contribution in [3.63, 3.8) is 0 Å². The van der Waals surface area contributed by atoms with Crippen LogP contribution in [-0.4, -0.2) is 18.1 Å². The van der Waals surface area contributed by atoms with Crippen LogP contribution in [0.15, 0.2) is 140 Å². The molecule has 0 saturated heterocycles. The smallest absolute Gasteiger partial charge is 0.366 e. The molecule has 61 heavy (non-hydrogen) atoms. The van der Waals surface area contributed by atoms with Crippen LogP contribution in [0.2, 0.25) is 0 Å². The van der Waals surface area contributed by atoms with E-state index in [-0.39, 0.29) is 5.54 Å². The minimum Gasteiger partial charge on any atom is -0.366 e. The first-order chi connectivity index (χ1) is 29.7. The number of aryl methyl sites for hydroxylation is 2. The molecule has 0 saturated carbocycles. The zero-order valence-electron chi connectivity index (χ0n) is 36.7. The molecule has 0 fully saturated rings. The van der Waals surface area contributed by atoms with Crippen LogP contribution in [0.5, 0.6) is 0 Å². The maximum atomic E-state index is 12.7. The molecule has 0 aliphatic carbocycles. The number of hydrogen-bond acceptors (Lipinski definition) is 9. The number of azo groups is 2. The largest absolute Gasteiger partial charge is 0.367 e. The number of unbranched alkanes of at least 4 members (excludes halogenated alkanes) is 6. The molecule has 314 valence electrons. The zero-order valence-corrected chi connectivity index (χ0v) is 36.7. The monoisotopic (exact) mass is 813 g/mol. The molecule has 6 aromatic rings. The van der Waals surface area contributed by atoms with Gasteiger partial charge in [-0.05, 0) is 118 Å². The second kappa shape index (κ2) is 20.0. The molecule has 0 aromatic heterocycles. The van der Waals surface area contributed by atoms with Crippen LogP contribution in [0.25, 0.3) is 21.5 Å². The van der Waals surface area contributed by atoms with Crippen molar-refractivity contribution in [1.29, 1.82) is 0 Å². The van der Waals surface area contributed by atoms with E-state index >= 15 is 0 Å². The molecule has 9 nitrogen and oxygen atoms in total. The molecule has 1 atom stereocenters. The average Bonchev–Trinajstić information content (AvgIpc) is 3.26. The maximum absolute atomic E-state index is 12.7. The van der Waals surface area contributed by atoms with Gasteiger partial charge in [0.2, 0.25) is 0 Å². The lowest BCUT2D eigenvalue weighted by Gasteiger charge is -2.48. The van der Waals surface area contributed by atoms with Crippen LogP contribution >= 0.6 is 0 Å². The SMILES string of the molecule is CCCCCCCN1c2cc(C)c(N=Nc3ccc(N=Nc4ccc(N=NOC(=O)c5ccc(CCCCC)cc5)c5ccccc45)c4ccccc34)cc2C(C)CC1(C)C. The van der Waals surface area contributed by atoms with Gasteiger partial charge >= 0.3 is 5.97 Å². The van der Waals surface area contributed by atoms with Crippen LogP contribution in [0.3, 0.4) is 0 Å². The number of carbonyl (C=O) groups excluding carboxylic acids is 1. The molecule has 0 amide bonds. The third kappa shape index (κ3) is 10.3. The van der Waals surface area contributed by atoms with Gasteiger partial charge in [-0.1, -0.05) is 120 Å². The summed E-state index contributed by atoms with van der Waals surface area (Å²) < 4.78 is 0. The van der Waals surface area contributed by atoms with Crippen LogP contribution in [0, 0.1) is 6.92 Å². The van der Waals surface area contributed by atoms with Crippen molar-refractivity contribution in [3.05, 3.63) is 131 Å². The summed E-state index contributed by atoms with van der Waals surface area (Å²) in [6.45, 7) is 14.8. The molecule has 0 N–H and O–H groups in total. The molecule has 1 heterocycles. The highest BCUT2D eigenvalue weighted by Crippen LogP contribution is 2.46. The molecule has 1 aliphatic rings. The van der Waals surface area contributed by atoms with E-state index in [9.17, 15) is 4.79 Å². The van der Waals surface area contributed by atoms with E-state index in [0.717, 1.165) is 70.0 Å². The lowest BCUT2D eigenvalue weighted by Crippen LogP contribution is -2.48. The first kappa shape index (κ1) is 43.0. The van der Waals surface area contributed by atoms with Gasteiger partial charge < -0.3 is 4.90 Å². The van der Waals surface area contributed by atoms with Crippen LogP contribution in [0.4, 0.5) is 34.1 Å². The molecule has 0 radical (unpaired) electrons. The van der Waals surface area contributed by atoms with Crippen molar-refractivity contribution in [2.45, 2.75) is 117 Å². The lowest BCUT2D eigenvalue weighted by molar-refractivity contribution is 0.0483. The predicted molar refractivity (Wildman–Crippen MR) is 250 cm³/mol. The third-order valence-electron chi connectivity index (χ3n) is 12.0. The van der Waals surface area contributed by atoms with Crippen molar-refractivity contribution >= 4 is 61.6 Å². The van der Waals surface area contributed by atoms with Gasteiger partial charge in [0.05, 0.1) is 34.0 Å². The van der Waals surface area contributed by atoms with E-state index in [2.05, 4.69) is 75.0 Å². The highest BCUT2D eigenvalue weighted by molar-refractivity contribution is 6.01. The molecule has 0 bridgehead atoms. The second-order valence-corrected chi connectivity index (χ2v) is 17.1. The minimum absolute atomic E-state index is 0.104. The number of fused-ring (bicyclic) bond motifs is 3. The Morgan fingerprint density at radius 3 is 1.70 bits per heavy atom. The summed E-state index contributed by atoms with van der Waals surface area (Å²) in [5.74, 6) is -0.126. The van der Waals surface area contributed by atoms with E-state index in [1.165, 1.54) is 61.8 Å². The Hall–Kier alpha value is -6.09. The minimum atomic E-state index is -0.555. The fourth-order valence-electron chi connectivity index (χ4n) is 8.67. The van der Waals surface area contributed by atoms with Crippen molar-refractivity contribution in [2.75, 3.05) is 11.4 Å². The number of carbonyl (C=O) groups is 1. The van der Waals surface area contributed by atoms with Gasteiger partial charge in [0, 0.05) is 44.6 Å². The molecule has 7 rings (SSSR count). The molecule has 0 spiro atoms. The van der Waals surface area contributed by atoms with Crippen LogP contribution in [-0.2, 0) is 11.3 Å². The number of nitrogens with zero attached hydrogens (tertiary/aromatic N) is 7. The van der Waals surface area contributed by atoms with Gasteiger partial charge in [-0.25, -0.2) is 4.79 Å². The molecule has 6 aromatic carbocycles. The van der Waals surface area contributed by atoms with Crippen molar-refractivity contribution in [3.8, 4) is 0 Å². The quantitative estimate of drug-likeness (QED) is 0.0520. The molecule has 1 aliphatic heterocycles. The second-order valence-electron chi connectivity index (χ2n) is 17.1. The Morgan fingerprint density at radius 2 is 1.15 bits per heavy atom. The maximum Gasteiger partial charge on any atom is 0.367 e. The normalized spacial score (nSPS) is 15.1. The van der Waals surface area contributed by atoms with E-state index in [0.29, 0.717) is 22.9 Å². The number of hydrogen-bond donors (Lipinski definition) is 0. The van der Waals surface area contributed by atoms with Crippen LogP contribution in [0.1, 0.15) is 125 Å². The first-order valence-electron chi connectivity index (χ1n) is 22.2. The number of anilines is 1. The summed E-state index contributed by atoms with van der Waals surface area (Å²) >= 11 is 0. The number of rotatable bonds is 17. The van der Waals surface area contributed by atoms with E-state index in [1.54, 1.807) is 18.2 Å². The summed E-state index contributed by atoms with van der Waals surface area (Å²) in [6.07, 6.45) is 12.0. The Balaban J connectivity index is 1.08. The van der Waals surface area contributed by atoms with Gasteiger partial charge in [-0.2, -0.15) is 5.11 Å². The van der Waals surface area contributed by atoms with Gasteiger partial charge in [-0.3, -0.25) is 4.84 Å². The summed E-state index contributed by atoms with van der Waals surface area (Å²) in [5.41, 5.74) is 9.18.